The van der Waals surface area contributed by atoms with Gasteiger partial charge < -0.3 is 55.1 Å². The SMILES string of the molecule is C.C.C.CS(=O)(=O)Nc1[c-]cccc1.CS(=O)(=O)Nc1[c-]cccc1.CS(=O)(=O)Nc1[c-]cccn1.CS(=O)(=O)Nc1[c-]cccn1.CS(=O)(=O)Nc1[c-]cccn1.CS(=O)(=O)Nc1[c-]cccn1.CS(=O)(=O)Nc1[c-]cncn1.[B].[B].[B].[B].[B].[B].[B].[Y].[Y].[Y].[Y].[Y].[Y].[Y].[c-]1ccccc1.[c-]1ccccn1.[c-]1cccnc1.[c-]1cccnc1.[c-]1cccnc1.[c-]1cccnc1.[c-]1cnccn1. The molecule has 0 saturated carbocycles. The molecule has 0 aliphatic heterocycles. The van der Waals surface area contributed by atoms with Gasteiger partial charge >= 0.3 is 0 Å². The Morgan fingerprint density at radius 1 is 0.213 bits per heavy atom. The number of anilines is 7. The second kappa shape index (κ2) is 107. The molecule has 11 heterocycles. The maximum Gasteiger partial charge on any atom is 0.229 e. The second-order valence-electron chi connectivity index (χ2n) is 20.9. The van der Waals surface area contributed by atoms with Gasteiger partial charge in [-0.1, -0.05) is 120 Å². The van der Waals surface area contributed by atoms with Crippen molar-refractivity contribution < 1.29 is 288 Å². The Morgan fingerprint density at radius 2 is 0.471 bits per heavy atom. The number of nitrogens with zero attached hydrogens (tertiary/aromatic N) is 13. The minimum absolute atomic E-state index is 0. The third kappa shape index (κ3) is 129. The van der Waals surface area contributed by atoms with Gasteiger partial charge in [-0.2, -0.15) is 152 Å². The summed E-state index contributed by atoms with van der Waals surface area (Å²) in [5, 5.41) is 0. The van der Waals surface area contributed by atoms with Crippen LogP contribution in [0.3, 0.4) is 0 Å². The second-order valence-corrected chi connectivity index (χ2v) is 33.1. The van der Waals surface area contributed by atoms with Crippen molar-refractivity contribution in [3.05, 3.63) is 391 Å². The molecule has 0 atom stereocenters. The molecular weight excluding hydrogens is 2400 g/mol. The predicted molar refractivity (Wildman–Crippen MR) is 515 cm³/mol. The van der Waals surface area contributed by atoms with Crippen LogP contribution in [0.15, 0.2) is 306 Å². The van der Waals surface area contributed by atoms with Gasteiger partial charge in [0.1, 0.15) is 6.33 Å². The van der Waals surface area contributed by atoms with Crippen LogP contribution in [-0.4, -0.2) is 226 Å². The summed E-state index contributed by atoms with van der Waals surface area (Å²) in [5.41, 5.74) is 0.935. The van der Waals surface area contributed by atoms with Gasteiger partial charge in [0.2, 0.25) is 70.2 Å². The maximum atomic E-state index is 10.7. The summed E-state index contributed by atoms with van der Waals surface area (Å²) in [7, 11) is -22.4. The van der Waals surface area contributed by atoms with Crippen LogP contribution in [0.1, 0.15) is 22.3 Å². The Hall–Kier alpha value is -5.40. The summed E-state index contributed by atoms with van der Waals surface area (Å²) in [6, 6.07) is 88.8. The molecule has 0 unspecified atom stereocenters. The number of para-hydroxylation sites is 2. The van der Waals surface area contributed by atoms with Crippen molar-refractivity contribution in [3.63, 3.8) is 0 Å². The quantitative estimate of drug-likeness (QED) is 0.0403. The van der Waals surface area contributed by atoms with Gasteiger partial charge in [-0.3, -0.25) is 48.8 Å². The van der Waals surface area contributed by atoms with Crippen molar-refractivity contribution in [1.29, 1.82) is 0 Å². The summed E-state index contributed by atoms with van der Waals surface area (Å²) >= 11 is 0. The van der Waals surface area contributed by atoms with Crippen LogP contribution in [0.4, 0.5) is 40.5 Å². The van der Waals surface area contributed by atoms with Gasteiger partial charge in [-0.25, -0.2) is 156 Å². The molecule has 0 saturated heterocycles. The van der Waals surface area contributed by atoms with Crippen molar-refractivity contribution in [2.45, 2.75) is 22.3 Å². The van der Waals surface area contributed by atoms with E-state index in [9.17, 15) is 58.9 Å². The fourth-order valence-corrected chi connectivity index (χ4v) is 9.35. The number of pyridine rings is 9. The molecule has 0 spiro atoms. The van der Waals surface area contributed by atoms with Crippen LogP contribution in [0, 0.1) is 85.2 Å². The molecule has 696 valence electrons. The molecular formula is C81H90B7N20O14S7Y7-14. The first-order valence-electron chi connectivity index (χ1n) is 32.7. The number of sulfonamides is 7. The van der Waals surface area contributed by atoms with Crippen molar-refractivity contribution in [2.24, 2.45) is 0 Å². The van der Waals surface area contributed by atoms with E-state index in [1.807, 2.05) is 91.0 Å². The van der Waals surface area contributed by atoms with E-state index in [1.54, 1.807) is 171 Å². The van der Waals surface area contributed by atoms with E-state index in [1.165, 1.54) is 43.5 Å². The van der Waals surface area contributed by atoms with E-state index >= 15 is 0 Å². The number of hydrogen-bond acceptors (Lipinski definition) is 27. The van der Waals surface area contributed by atoms with E-state index in [0.717, 1.165) is 43.8 Å². The van der Waals surface area contributed by atoms with Crippen LogP contribution in [0.2, 0.25) is 0 Å². The number of nitrogens with one attached hydrogen (secondary N) is 7. The molecule has 0 fully saturated rings. The molecule has 7 N–H and O–H groups in total. The van der Waals surface area contributed by atoms with Crippen LogP contribution in [-0.2, 0) is 299 Å². The van der Waals surface area contributed by atoms with Gasteiger partial charge in [-0.05, 0) is 18.2 Å². The number of rotatable bonds is 14. The van der Waals surface area contributed by atoms with Crippen LogP contribution in [0.25, 0.3) is 0 Å². The Kier molecular flexibility index (Phi) is 134. The number of aromatic nitrogens is 13. The molecule has 34 nitrogen and oxygen atoms in total. The smallest absolute Gasteiger partial charge is 0.229 e. The summed E-state index contributed by atoms with van der Waals surface area (Å²) in [6.07, 6.45) is 41.0. The van der Waals surface area contributed by atoms with Crippen molar-refractivity contribution in [3.8, 4) is 0 Å². The third-order valence-corrected chi connectivity index (χ3v) is 14.0. The number of benzene rings is 3. The van der Waals surface area contributed by atoms with Crippen molar-refractivity contribution in [2.75, 3.05) is 76.8 Å². The summed E-state index contributed by atoms with van der Waals surface area (Å²) in [6.45, 7) is 0. The molecule has 14 rings (SSSR count). The van der Waals surface area contributed by atoms with Crippen LogP contribution < -0.4 is 33.1 Å². The molecule has 0 aliphatic rings. The Labute approximate surface area is 997 Å². The molecule has 11 aromatic heterocycles. The van der Waals surface area contributed by atoms with E-state index in [0.29, 0.717) is 11.4 Å². The average Bonchev–Trinajstić information content (AvgIpc) is 0.946. The topological polar surface area (TPSA) is 491 Å². The van der Waals surface area contributed by atoms with E-state index < -0.39 is 70.2 Å². The first kappa shape index (κ1) is 170. The Bertz CT molecular complexity index is 4490. The average molecular weight is 2490 g/mol. The largest absolute Gasteiger partial charge is 0.456 e. The van der Waals surface area contributed by atoms with E-state index in [-0.39, 0.29) is 339 Å². The van der Waals surface area contributed by atoms with E-state index in [4.69, 9.17) is 0 Å². The molecule has 3 aromatic carbocycles. The zero-order chi connectivity index (χ0) is 87.9. The van der Waals surface area contributed by atoms with Crippen molar-refractivity contribution >= 4 is 170 Å². The number of hydrogen-bond donors (Lipinski definition) is 7. The fraction of sp³-hybridized carbons (Fsp3) is 0.123. The standard InChI is InChI=1S/2C7H8NO2S.4C6H7N2O2S.C6H5.C5H6N3O2S.5C5H4N.C4H3N2.3CH4.7B.7Y/c2*1-11(9,10)8-7-5-3-2-4-6-7;4*1-11(9,10)8-6-4-2-3-5-7-6;1-2-4-6-5-3-1;1-11(9,10)8-5-2-3-6-4-7-5;5*1-2-4-6-5-3-1;1-2-6-4-3-5-1;;;;;;;;;;;;;;;;;/h2*2-5,8H,1H3;4*2-3,5H,1H3,(H,7,8);1-5H;3-4H,1H3,(H,6,7,8);4*1-2,4-5H;1-4H;1-3H;3*1H4;;;;;;;;;;;;;;/q14*-1;;;;;;;;;;;;;;;;;. The first-order chi connectivity index (χ1) is 56.5. The third-order valence-electron chi connectivity index (χ3n) is 9.99. The molecule has 136 heavy (non-hydrogen) atoms. The molecule has 55 heteroatoms. The predicted octanol–water partition coefficient (Wildman–Crippen LogP) is 7.78. The van der Waals surface area contributed by atoms with Gasteiger partial charge in [0.15, 0.2) is 0 Å². The Balaban J connectivity index is -0.0000000745. The van der Waals surface area contributed by atoms with Gasteiger partial charge in [0.25, 0.3) is 0 Å². The summed E-state index contributed by atoms with van der Waals surface area (Å²) in [5.74, 6) is 1.03. The molecule has 0 amide bonds. The van der Waals surface area contributed by atoms with Gasteiger partial charge in [-0.15, -0.1) is 30.7 Å². The van der Waals surface area contributed by atoms with Gasteiger partial charge in [0, 0.05) is 311 Å². The first-order valence-corrected chi connectivity index (χ1v) is 45.9. The molecule has 28 radical (unpaired) electrons. The maximum absolute atomic E-state index is 10.7. The van der Waals surface area contributed by atoms with Gasteiger partial charge in [0.05, 0.1) is 43.8 Å². The van der Waals surface area contributed by atoms with E-state index in [2.05, 4.69) is 183 Å². The zero-order valence-corrected chi connectivity index (χ0v) is 97.9. The molecule has 0 bridgehead atoms. The summed E-state index contributed by atoms with van der Waals surface area (Å²) in [4.78, 5) is 47.9. The minimum Gasteiger partial charge on any atom is -0.456 e. The summed E-state index contributed by atoms with van der Waals surface area (Å²) < 4.78 is 164. The zero-order valence-electron chi connectivity index (χ0n) is 72.3. The molecule has 0 aliphatic carbocycles. The molecule has 14 aromatic rings. The van der Waals surface area contributed by atoms with Crippen LogP contribution in [0.5, 0.6) is 0 Å². The van der Waals surface area contributed by atoms with Crippen LogP contribution >= 0.6 is 0 Å². The Morgan fingerprint density at radius 3 is 0.603 bits per heavy atom. The fourth-order valence-electron chi connectivity index (χ4n) is 5.98. The normalized spacial score (nSPS) is 8.70. The monoisotopic (exact) mass is 2490 g/mol. The van der Waals surface area contributed by atoms with Crippen molar-refractivity contribution in [1.82, 2.24) is 64.8 Å². The minimum atomic E-state index is -3.25.